The van der Waals surface area contributed by atoms with Gasteiger partial charge in [0.2, 0.25) is 0 Å². The molecule has 0 amide bonds. The molecule has 0 saturated carbocycles. The molecule has 0 fully saturated rings. The van der Waals surface area contributed by atoms with Crippen LogP contribution in [-0.2, 0) is 3.74 Å². The molecular weight excluding hydrogens is 239 g/mol. The van der Waals surface area contributed by atoms with E-state index in [0.717, 1.165) is 0 Å². The molecule has 70 valence electrons. The number of nitro groups is 1. The third-order valence-corrected chi connectivity index (χ3v) is 4.33. The molecule has 7 heteroatoms. The van der Waals surface area contributed by atoms with Gasteiger partial charge in [-0.2, -0.15) is 0 Å². The molecule has 1 atom stereocenters. The monoisotopic (exact) mass is 246 g/mol. The average molecular weight is 246 g/mol. The van der Waals surface area contributed by atoms with Crippen LogP contribution in [0.4, 0.5) is 0 Å². The summed E-state index contributed by atoms with van der Waals surface area (Å²) in [5, 5.41) is 8.96. The van der Waals surface area contributed by atoms with Gasteiger partial charge in [0, 0.05) is 0 Å². The fourth-order valence-electron chi connectivity index (χ4n) is 0.798. The van der Waals surface area contributed by atoms with Crippen molar-refractivity contribution >= 4 is 18.4 Å². The van der Waals surface area contributed by atoms with E-state index in [-0.39, 0.29) is 4.35 Å². The number of nitrogens with one attached hydrogen (secondary N) is 1. The first-order valence-electron chi connectivity index (χ1n) is 3.33. The van der Waals surface area contributed by atoms with Gasteiger partial charge in [0.25, 0.3) is 0 Å². The Balaban J connectivity index is 2.95. The second kappa shape index (κ2) is 3.63. The minimum atomic E-state index is -4.69. The van der Waals surface area contributed by atoms with Crippen molar-refractivity contribution in [1.82, 2.24) is 4.34 Å². The van der Waals surface area contributed by atoms with Gasteiger partial charge in [-0.1, -0.05) is 0 Å². The number of hydrogen-bond donors (Lipinski definition) is 2. The fraction of sp³-hybridized carbons (Fsp3) is 0. The molecule has 0 aliphatic rings. The van der Waals surface area contributed by atoms with Crippen LogP contribution < -0.4 is 8.69 Å². The van der Waals surface area contributed by atoms with E-state index in [1.165, 1.54) is 16.5 Å². The van der Waals surface area contributed by atoms with Gasteiger partial charge in [-0.05, 0) is 0 Å². The third-order valence-electron chi connectivity index (χ3n) is 1.32. The predicted molar refractivity (Wildman–Crippen MR) is 44.9 cm³/mol. The Morgan fingerprint density at radius 1 is 1.38 bits per heavy atom. The second-order valence-electron chi connectivity index (χ2n) is 2.27. The van der Waals surface area contributed by atoms with E-state index in [9.17, 15) is 17.9 Å². The van der Waals surface area contributed by atoms with Gasteiger partial charge in [-0.25, -0.2) is 0 Å². The van der Waals surface area contributed by atoms with Crippen molar-refractivity contribution in [3.05, 3.63) is 40.4 Å². The molecule has 13 heavy (non-hydrogen) atoms. The minimum absolute atomic E-state index is 0.0670. The summed E-state index contributed by atoms with van der Waals surface area (Å²) in [7, 11) is 0. The zero-order valence-electron chi connectivity index (χ0n) is 6.45. The molecule has 0 aromatic heterocycles. The van der Waals surface area contributed by atoms with E-state index in [0.29, 0.717) is 0 Å². The van der Waals surface area contributed by atoms with Gasteiger partial charge in [-0.15, -0.1) is 0 Å². The Bertz CT molecular complexity index is 353. The topological polar surface area (TPSA) is 92.5 Å². The van der Waals surface area contributed by atoms with Crippen molar-refractivity contribution in [2.45, 2.75) is 0 Å². The SMILES string of the molecule is O=[N+]([O-])N[As](=O)(O)c1ccccc1. The van der Waals surface area contributed by atoms with Gasteiger partial charge in [0.15, 0.2) is 0 Å². The molecule has 0 saturated heterocycles. The Hall–Kier alpha value is -1.26. The molecule has 6 nitrogen and oxygen atoms in total. The summed E-state index contributed by atoms with van der Waals surface area (Å²) in [5.74, 6) is 0. The summed E-state index contributed by atoms with van der Waals surface area (Å²) in [6, 6.07) is 7.49. The van der Waals surface area contributed by atoms with Gasteiger partial charge in [0.1, 0.15) is 0 Å². The number of hydrazine groups is 1. The maximum absolute atomic E-state index is 11.3. The van der Waals surface area contributed by atoms with Crippen molar-refractivity contribution in [2.75, 3.05) is 0 Å². The zero-order valence-corrected chi connectivity index (χ0v) is 8.33. The predicted octanol–water partition coefficient (Wildman–Crippen LogP) is -0.963. The van der Waals surface area contributed by atoms with Crippen molar-refractivity contribution in [3.8, 4) is 0 Å². The van der Waals surface area contributed by atoms with Crippen LogP contribution in [0.1, 0.15) is 0 Å². The zero-order chi connectivity index (χ0) is 9.90. The molecule has 0 radical (unpaired) electrons. The molecule has 0 aliphatic carbocycles. The van der Waals surface area contributed by atoms with Crippen LogP contribution in [0.5, 0.6) is 0 Å². The third kappa shape index (κ3) is 2.61. The van der Waals surface area contributed by atoms with E-state index >= 15 is 0 Å². The number of hydrogen-bond acceptors (Lipinski definition) is 3. The van der Waals surface area contributed by atoms with Crippen molar-refractivity contribution in [1.29, 1.82) is 0 Å². The van der Waals surface area contributed by atoms with Crippen LogP contribution in [-0.4, -0.2) is 23.2 Å². The molecule has 1 unspecified atom stereocenters. The Labute approximate surface area is 76.6 Å². The van der Waals surface area contributed by atoms with Crippen molar-refractivity contribution in [3.63, 3.8) is 0 Å². The van der Waals surface area contributed by atoms with Crippen LogP contribution in [0.25, 0.3) is 0 Å². The maximum atomic E-state index is 11.3. The summed E-state index contributed by atoms with van der Waals surface area (Å²) in [6.07, 6.45) is 0. The molecular formula is C6H7AsN2O4. The summed E-state index contributed by atoms with van der Waals surface area (Å²) in [4.78, 5) is 9.97. The first-order valence-corrected chi connectivity index (χ1v) is 6.81. The fourth-order valence-corrected chi connectivity index (χ4v) is 2.71. The van der Waals surface area contributed by atoms with Crippen LogP contribution in [0, 0.1) is 10.1 Å². The molecule has 1 aromatic carbocycles. The summed E-state index contributed by atoms with van der Waals surface area (Å²) in [5.41, 5.74) is 0. The van der Waals surface area contributed by atoms with Gasteiger partial charge in [-0.3, -0.25) is 0 Å². The molecule has 0 heterocycles. The molecule has 1 rings (SSSR count). The quantitative estimate of drug-likeness (QED) is 0.407. The Morgan fingerprint density at radius 2 is 1.92 bits per heavy atom. The van der Waals surface area contributed by atoms with Gasteiger partial charge in [0.05, 0.1) is 0 Å². The van der Waals surface area contributed by atoms with E-state index in [4.69, 9.17) is 0 Å². The normalized spacial score (nSPS) is 14.5. The van der Waals surface area contributed by atoms with Crippen LogP contribution in [0.15, 0.2) is 30.3 Å². The number of nitrogens with zero attached hydrogens (tertiary/aromatic N) is 1. The van der Waals surface area contributed by atoms with Crippen LogP contribution >= 0.6 is 0 Å². The van der Waals surface area contributed by atoms with Crippen LogP contribution in [0.3, 0.4) is 0 Å². The molecule has 0 aliphatic heterocycles. The van der Waals surface area contributed by atoms with Crippen molar-refractivity contribution in [2.24, 2.45) is 0 Å². The summed E-state index contributed by atoms with van der Waals surface area (Å²) >= 11 is -4.69. The Kier molecular flexibility index (Phi) is 2.75. The average Bonchev–Trinajstić information content (AvgIpc) is 2.04. The summed E-state index contributed by atoms with van der Waals surface area (Å²) < 4.78 is 22.0. The number of rotatable bonds is 3. The molecule has 0 bridgehead atoms. The standard InChI is InChI=1S/C6H7AsN2O4/c10-7(11,8-9(12)13)6-4-2-1-3-5-6/h1-5H,(H2,8,10,11). The van der Waals surface area contributed by atoms with E-state index < -0.39 is 19.1 Å². The first-order chi connectivity index (χ1) is 6.02. The molecule has 0 spiro atoms. The van der Waals surface area contributed by atoms with Gasteiger partial charge >= 0.3 is 76.1 Å². The summed E-state index contributed by atoms with van der Waals surface area (Å²) in [6.45, 7) is 0. The molecule has 2 N–H and O–H groups in total. The second-order valence-corrected chi connectivity index (χ2v) is 6.19. The van der Waals surface area contributed by atoms with E-state index in [2.05, 4.69) is 0 Å². The van der Waals surface area contributed by atoms with Crippen LogP contribution in [0.2, 0.25) is 0 Å². The first kappa shape index (κ1) is 9.82. The number of benzene rings is 1. The van der Waals surface area contributed by atoms with E-state index in [1.807, 2.05) is 0 Å². The Morgan fingerprint density at radius 3 is 2.38 bits per heavy atom. The molecule has 1 aromatic rings. The van der Waals surface area contributed by atoms with Gasteiger partial charge < -0.3 is 0 Å². The van der Waals surface area contributed by atoms with Crippen molar-refractivity contribution < 1.29 is 12.9 Å². The van der Waals surface area contributed by atoms with E-state index in [1.54, 1.807) is 18.2 Å².